The van der Waals surface area contributed by atoms with Gasteiger partial charge in [-0.1, -0.05) is 35.3 Å². The highest BCUT2D eigenvalue weighted by Gasteiger charge is 2.15. The number of amides is 1. The predicted molar refractivity (Wildman–Crippen MR) is 81.3 cm³/mol. The Hall–Kier alpha value is -2.69. The number of thiophene rings is 1. The number of nitro groups is 1. The first kappa shape index (κ1) is 14.7. The van der Waals surface area contributed by atoms with Gasteiger partial charge in [0, 0.05) is 11.6 Å². The highest BCUT2D eigenvalue weighted by atomic mass is 32.1. The monoisotopic (exact) mass is 301 g/mol. The van der Waals surface area contributed by atoms with Gasteiger partial charge in [-0.15, -0.1) is 0 Å². The second kappa shape index (κ2) is 6.65. The molecular weight excluding hydrogens is 290 g/mol. The molecule has 0 bridgehead atoms. The molecule has 0 unspecified atom stereocenters. The maximum atomic E-state index is 12.1. The highest BCUT2D eigenvalue weighted by Crippen LogP contribution is 2.25. The summed E-state index contributed by atoms with van der Waals surface area (Å²) < 4.78 is 0. The quantitative estimate of drug-likeness (QED) is 0.516. The fourth-order valence-electron chi connectivity index (χ4n) is 1.58. The van der Waals surface area contributed by atoms with Crippen LogP contribution >= 0.6 is 11.3 Å². The van der Waals surface area contributed by atoms with E-state index in [-0.39, 0.29) is 16.4 Å². The predicted octanol–water partition coefficient (Wildman–Crippen LogP) is 2.22. The molecule has 0 spiro atoms. The molecule has 21 heavy (non-hydrogen) atoms. The Kier molecular flexibility index (Phi) is 4.66. The van der Waals surface area contributed by atoms with Crippen LogP contribution in [0.15, 0.2) is 36.4 Å². The molecule has 106 valence electrons. The van der Waals surface area contributed by atoms with E-state index in [1.54, 1.807) is 24.3 Å². The molecule has 0 aliphatic carbocycles. The lowest BCUT2D eigenvalue weighted by atomic mass is 10.2. The first-order chi connectivity index (χ1) is 10.1. The van der Waals surface area contributed by atoms with Crippen LogP contribution in [-0.2, 0) is 0 Å². The lowest BCUT2D eigenvalue weighted by Gasteiger charge is -2.05. The molecule has 0 saturated carbocycles. The minimum Gasteiger partial charge on any atom is -0.320 e. The summed E-state index contributed by atoms with van der Waals surface area (Å²) in [5, 5.41) is 13.2. The second-order valence-electron chi connectivity index (χ2n) is 3.90. The summed E-state index contributed by atoms with van der Waals surface area (Å²) >= 11 is 0.825. The van der Waals surface area contributed by atoms with E-state index in [2.05, 4.69) is 17.2 Å². The number of nitrogens with zero attached hydrogens (tertiary/aromatic N) is 1. The maximum Gasteiger partial charge on any atom is 0.324 e. The molecule has 1 heterocycles. The molecule has 2 rings (SSSR count). The summed E-state index contributed by atoms with van der Waals surface area (Å²) in [6.07, 6.45) is 0. The van der Waals surface area contributed by atoms with Crippen LogP contribution < -0.4 is 11.1 Å². The van der Waals surface area contributed by atoms with Crippen LogP contribution in [0.25, 0.3) is 0 Å². The van der Waals surface area contributed by atoms with Crippen LogP contribution in [0, 0.1) is 22.0 Å². The topological polar surface area (TPSA) is 98.3 Å². The number of hydrogen-bond donors (Lipinski definition) is 2. The van der Waals surface area contributed by atoms with Gasteiger partial charge in [-0.25, -0.2) is 0 Å². The molecule has 0 aliphatic rings. The number of nitrogens with one attached hydrogen (secondary N) is 1. The fraction of sp³-hybridized carbons (Fsp3) is 0.0714. The first-order valence-corrected chi connectivity index (χ1v) is 6.77. The van der Waals surface area contributed by atoms with E-state index in [1.807, 2.05) is 0 Å². The van der Waals surface area contributed by atoms with Crippen LogP contribution in [0.4, 0.5) is 10.7 Å². The number of rotatable bonds is 3. The molecule has 3 N–H and O–H groups in total. The van der Waals surface area contributed by atoms with Crippen molar-refractivity contribution in [3.8, 4) is 11.8 Å². The van der Waals surface area contributed by atoms with Crippen molar-refractivity contribution in [2.45, 2.75) is 0 Å². The van der Waals surface area contributed by atoms with Crippen molar-refractivity contribution in [1.82, 2.24) is 0 Å². The zero-order valence-electron chi connectivity index (χ0n) is 10.8. The number of anilines is 1. The number of nitrogens with two attached hydrogens (primary N) is 1. The number of para-hydroxylation sites is 1. The molecule has 0 atom stereocenters. The van der Waals surface area contributed by atoms with E-state index in [0.29, 0.717) is 11.3 Å². The van der Waals surface area contributed by atoms with Gasteiger partial charge >= 0.3 is 5.00 Å². The third kappa shape index (κ3) is 3.66. The number of carbonyl (C=O) groups is 1. The zero-order valence-corrected chi connectivity index (χ0v) is 11.6. The van der Waals surface area contributed by atoms with E-state index in [1.165, 1.54) is 12.1 Å². The SMILES string of the molecule is NCC#Cc1ccccc1NC(=O)c1ccc([N+](=O)[O-])s1. The zero-order chi connectivity index (χ0) is 15.2. The minimum absolute atomic E-state index is 0.0728. The molecule has 1 aromatic heterocycles. The van der Waals surface area contributed by atoms with Crippen molar-refractivity contribution in [3.63, 3.8) is 0 Å². The highest BCUT2D eigenvalue weighted by molar-refractivity contribution is 7.17. The molecule has 7 heteroatoms. The molecule has 6 nitrogen and oxygen atoms in total. The summed E-state index contributed by atoms with van der Waals surface area (Å²) in [7, 11) is 0. The van der Waals surface area contributed by atoms with Crippen molar-refractivity contribution in [2.75, 3.05) is 11.9 Å². The Bertz CT molecular complexity index is 743. The Morgan fingerprint density at radius 3 is 2.76 bits per heavy atom. The summed E-state index contributed by atoms with van der Waals surface area (Å²) in [6.45, 7) is 0.222. The maximum absolute atomic E-state index is 12.1. The van der Waals surface area contributed by atoms with Gasteiger partial charge in [0.1, 0.15) is 0 Å². The van der Waals surface area contributed by atoms with Crippen molar-refractivity contribution >= 4 is 27.9 Å². The van der Waals surface area contributed by atoms with E-state index in [9.17, 15) is 14.9 Å². The number of benzene rings is 1. The molecule has 0 saturated heterocycles. The van der Waals surface area contributed by atoms with Gasteiger partial charge in [-0.05, 0) is 18.2 Å². The van der Waals surface area contributed by atoms with E-state index < -0.39 is 10.8 Å². The van der Waals surface area contributed by atoms with Gasteiger partial charge in [0.2, 0.25) is 0 Å². The third-order valence-corrected chi connectivity index (χ3v) is 3.53. The number of hydrogen-bond acceptors (Lipinski definition) is 5. The van der Waals surface area contributed by atoms with Crippen LogP contribution in [0.3, 0.4) is 0 Å². The standard InChI is InChI=1S/C14H11N3O3S/c15-9-3-5-10-4-1-2-6-11(10)16-14(18)12-7-8-13(21-12)17(19)20/h1-2,4,6-8H,9,15H2,(H,16,18). The average molecular weight is 301 g/mol. The van der Waals surface area contributed by atoms with Gasteiger partial charge in [0.15, 0.2) is 0 Å². The Morgan fingerprint density at radius 1 is 1.33 bits per heavy atom. The third-order valence-electron chi connectivity index (χ3n) is 2.50. The molecule has 0 radical (unpaired) electrons. The molecule has 0 fully saturated rings. The normalized spacial score (nSPS) is 9.57. The van der Waals surface area contributed by atoms with Crippen LogP contribution in [0.5, 0.6) is 0 Å². The summed E-state index contributed by atoms with van der Waals surface area (Å²) in [4.78, 5) is 22.4. The van der Waals surface area contributed by atoms with Crippen molar-refractivity contribution in [3.05, 3.63) is 57.0 Å². The molecule has 1 amide bonds. The lowest BCUT2D eigenvalue weighted by molar-refractivity contribution is -0.380. The van der Waals surface area contributed by atoms with E-state index >= 15 is 0 Å². The van der Waals surface area contributed by atoms with Gasteiger partial charge < -0.3 is 11.1 Å². The lowest BCUT2D eigenvalue weighted by Crippen LogP contribution is -2.11. The fourth-order valence-corrected chi connectivity index (χ4v) is 2.29. The molecule has 0 aliphatic heterocycles. The smallest absolute Gasteiger partial charge is 0.320 e. The summed E-state index contributed by atoms with van der Waals surface area (Å²) in [5.41, 5.74) is 6.51. The molecule has 1 aromatic carbocycles. The number of carbonyl (C=O) groups excluding carboxylic acids is 1. The average Bonchev–Trinajstić information content (AvgIpc) is 2.96. The Morgan fingerprint density at radius 2 is 2.10 bits per heavy atom. The van der Waals surface area contributed by atoms with Crippen molar-refractivity contribution in [2.24, 2.45) is 5.73 Å². The van der Waals surface area contributed by atoms with Crippen LogP contribution in [0.2, 0.25) is 0 Å². The van der Waals surface area contributed by atoms with Gasteiger partial charge in [0.05, 0.1) is 22.0 Å². The Balaban J connectivity index is 2.21. The second-order valence-corrected chi connectivity index (χ2v) is 4.96. The van der Waals surface area contributed by atoms with Crippen LogP contribution in [-0.4, -0.2) is 17.4 Å². The molecular formula is C14H11N3O3S. The van der Waals surface area contributed by atoms with Gasteiger partial charge in [-0.3, -0.25) is 14.9 Å². The first-order valence-electron chi connectivity index (χ1n) is 5.95. The van der Waals surface area contributed by atoms with Crippen molar-refractivity contribution < 1.29 is 9.72 Å². The largest absolute Gasteiger partial charge is 0.324 e. The van der Waals surface area contributed by atoms with E-state index in [4.69, 9.17) is 5.73 Å². The minimum atomic E-state index is -0.526. The summed E-state index contributed by atoms with van der Waals surface area (Å²) in [6, 6.07) is 9.76. The Labute approximate surface area is 124 Å². The summed E-state index contributed by atoms with van der Waals surface area (Å²) in [5.74, 6) is 5.17. The van der Waals surface area contributed by atoms with Crippen molar-refractivity contribution in [1.29, 1.82) is 0 Å². The van der Waals surface area contributed by atoms with Gasteiger partial charge in [0.25, 0.3) is 5.91 Å². The molecule has 2 aromatic rings. The van der Waals surface area contributed by atoms with Gasteiger partial charge in [-0.2, -0.15) is 0 Å². The van der Waals surface area contributed by atoms with Crippen LogP contribution in [0.1, 0.15) is 15.2 Å². The van der Waals surface area contributed by atoms with E-state index in [0.717, 1.165) is 11.3 Å².